The molecule has 0 aromatic heterocycles. The molecule has 34 heavy (non-hydrogen) atoms. The molecule has 2 aliphatic heterocycles. The highest BCUT2D eigenvalue weighted by Crippen LogP contribution is 2.38. The highest BCUT2D eigenvalue weighted by molar-refractivity contribution is 5.79. The van der Waals surface area contributed by atoms with E-state index in [1.165, 1.54) is 30.6 Å². The van der Waals surface area contributed by atoms with Crippen LogP contribution in [0.3, 0.4) is 0 Å². The fourth-order valence-electron chi connectivity index (χ4n) is 6.79. The molecule has 0 bridgehead atoms. The van der Waals surface area contributed by atoms with Gasteiger partial charge in [0, 0.05) is 32.1 Å². The number of carbonyl (C=O) groups is 2. The first-order valence-corrected chi connectivity index (χ1v) is 13.7. The molecule has 8 heteroatoms. The SMILES string of the molecule is NCC1CCCC(C2CCN(C(=O)C3CCCC(OCCC(=O)N4C[C@@H](O)[C@@H](O)C4)C3)CC2)C1. The summed E-state index contributed by atoms with van der Waals surface area (Å²) in [5.74, 6) is 2.47. The Kier molecular flexibility index (Phi) is 9.24. The van der Waals surface area contributed by atoms with Crippen molar-refractivity contribution in [2.75, 3.05) is 39.3 Å². The molecule has 6 atom stereocenters. The third-order valence-electron chi connectivity index (χ3n) is 8.93. The molecule has 2 saturated heterocycles. The molecule has 4 N–H and O–H groups in total. The van der Waals surface area contributed by atoms with Crippen LogP contribution >= 0.6 is 0 Å². The van der Waals surface area contributed by atoms with E-state index in [-0.39, 0.29) is 37.4 Å². The maximum atomic E-state index is 13.2. The van der Waals surface area contributed by atoms with Crippen LogP contribution in [0, 0.1) is 23.7 Å². The first-order chi connectivity index (χ1) is 16.4. The highest BCUT2D eigenvalue weighted by Gasteiger charge is 2.36. The normalized spacial score (nSPS) is 35.5. The third-order valence-corrected chi connectivity index (χ3v) is 8.93. The molecule has 0 aromatic carbocycles. The van der Waals surface area contributed by atoms with Crippen LogP contribution in [0.15, 0.2) is 0 Å². The molecule has 2 heterocycles. The molecule has 2 aliphatic carbocycles. The lowest BCUT2D eigenvalue weighted by atomic mass is 9.72. The summed E-state index contributed by atoms with van der Waals surface area (Å²) in [5, 5.41) is 19.2. The average Bonchev–Trinajstić information content (AvgIpc) is 3.22. The topological polar surface area (TPSA) is 116 Å². The average molecular weight is 480 g/mol. The van der Waals surface area contributed by atoms with Crippen molar-refractivity contribution >= 4 is 11.8 Å². The molecule has 4 rings (SSSR count). The molecule has 2 saturated carbocycles. The minimum Gasteiger partial charge on any atom is -0.388 e. The molecule has 4 fully saturated rings. The van der Waals surface area contributed by atoms with Gasteiger partial charge in [0.1, 0.15) is 0 Å². The van der Waals surface area contributed by atoms with Gasteiger partial charge in [0.2, 0.25) is 11.8 Å². The van der Waals surface area contributed by atoms with Gasteiger partial charge in [-0.2, -0.15) is 0 Å². The summed E-state index contributed by atoms with van der Waals surface area (Å²) in [5.41, 5.74) is 5.93. The van der Waals surface area contributed by atoms with Crippen molar-refractivity contribution in [3.63, 3.8) is 0 Å². The molecular formula is C26H45N3O5. The van der Waals surface area contributed by atoms with Crippen LogP contribution in [0.1, 0.15) is 70.6 Å². The Hall–Kier alpha value is -1.22. The van der Waals surface area contributed by atoms with E-state index in [2.05, 4.69) is 4.90 Å². The van der Waals surface area contributed by atoms with Gasteiger partial charge < -0.3 is 30.5 Å². The van der Waals surface area contributed by atoms with Crippen molar-refractivity contribution in [2.24, 2.45) is 29.4 Å². The standard InChI is InChI=1S/C26H45N3O5/c27-15-18-3-1-4-20(13-18)19-7-10-28(11-8-19)26(33)21-5-2-6-22(14-21)34-12-9-25(32)29-16-23(30)24(31)17-29/h18-24,30-31H,1-17,27H2/t18?,20?,21?,22?,23-,24+. The molecule has 0 aromatic rings. The molecule has 0 spiro atoms. The van der Waals surface area contributed by atoms with Gasteiger partial charge in [-0.1, -0.05) is 19.3 Å². The second-order valence-corrected chi connectivity index (χ2v) is 11.2. The van der Waals surface area contributed by atoms with Crippen LogP contribution in [0.25, 0.3) is 0 Å². The van der Waals surface area contributed by atoms with Crippen molar-refractivity contribution in [1.82, 2.24) is 9.80 Å². The van der Waals surface area contributed by atoms with Crippen molar-refractivity contribution in [2.45, 2.75) is 88.9 Å². The zero-order valence-electron chi connectivity index (χ0n) is 20.7. The largest absolute Gasteiger partial charge is 0.388 e. The van der Waals surface area contributed by atoms with Gasteiger partial charge >= 0.3 is 0 Å². The quantitative estimate of drug-likeness (QED) is 0.510. The number of amides is 2. The van der Waals surface area contributed by atoms with Crippen molar-refractivity contribution in [3.8, 4) is 0 Å². The number of piperidine rings is 1. The van der Waals surface area contributed by atoms with Crippen LogP contribution < -0.4 is 5.73 Å². The second kappa shape index (κ2) is 12.2. The van der Waals surface area contributed by atoms with E-state index in [0.29, 0.717) is 18.4 Å². The number of aliphatic hydroxyl groups is 2. The Morgan fingerprint density at radius 2 is 1.56 bits per heavy atom. The third kappa shape index (κ3) is 6.50. The predicted octanol–water partition coefficient (Wildman–Crippen LogP) is 1.52. The number of carbonyl (C=O) groups excluding carboxylic acids is 2. The number of hydrogen-bond donors (Lipinski definition) is 3. The Bertz CT molecular complexity index is 673. The van der Waals surface area contributed by atoms with E-state index < -0.39 is 12.2 Å². The Morgan fingerprint density at radius 3 is 2.26 bits per heavy atom. The van der Waals surface area contributed by atoms with E-state index in [1.54, 1.807) is 0 Å². The van der Waals surface area contributed by atoms with E-state index in [0.717, 1.165) is 70.0 Å². The van der Waals surface area contributed by atoms with Crippen LogP contribution in [0.4, 0.5) is 0 Å². The lowest BCUT2D eigenvalue weighted by Crippen LogP contribution is -2.45. The number of rotatable bonds is 7. The number of nitrogens with two attached hydrogens (primary N) is 1. The van der Waals surface area contributed by atoms with Crippen LogP contribution in [0.2, 0.25) is 0 Å². The van der Waals surface area contributed by atoms with Gasteiger partial charge in [0.05, 0.1) is 31.3 Å². The molecular weight excluding hydrogens is 434 g/mol. The number of likely N-dealkylation sites (tertiary alicyclic amines) is 2. The fraction of sp³-hybridized carbons (Fsp3) is 0.923. The smallest absolute Gasteiger partial charge is 0.225 e. The van der Waals surface area contributed by atoms with Gasteiger partial charge in [0.25, 0.3) is 0 Å². The molecule has 8 nitrogen and oxygen atoms in total. The monoisotopic (exact) mass is 479 g/mol. The summed E-state index contributed by atoms with van der Waals surface area (Å²) in [6.45, 7) is 3.28. The van der Waals surface area contributed by atoms with Crippen molar-refractivity contribution in [1.29, 1.82) is 0 Å². The first-order valence-electron chi connectivity index (χ1n) is 13.7. The van der Waals surface area contributed by atoms with E-state index >= 15 is 0 Å². The number of ether oxygens (including phenoxy) is 1. The number of hydrogen-bond acceptors (Lipinski definition) is 6. The van der Waals surface area contributed by atoms with E-state index in [1.807, 2.05) is 0 Å². The number of aliphatic hydroxyl groups excluding tert-OH is 2. The minimum absolute atomic E-state index is 0.0261. The van der Waals surface area contributed by atoms with Crippen LogP contribution in [0.5, 0.6) is 0 Å². The maximum Gasteiger partial charge on any atom is 0.225 e. The Balaban J connectivity index is 1.16. The van der Waals surface area contributed by atoms with Crippen molar-refractivity contribution in [3.05, 3.63) is 0 Å². The molecule has 4 aliphatic rings. The summed E-state index contributed by atoms with van der Waals surface area (Å²) < 4.78 is 6.00. The van der Waals surface area contributed by atoms with Gasteiger partial charge in [-0.05, 0) is 69.2 Å². The van der Waals surface area contributed by atoms with Gasteiger partial charge in [0.15, 0.2) is 0 Å². The maximum absolute atomic E-state index is 13.2. The van der Waals surface area contributed by atoms with Gasteiger partial charge in [-0.15, -0.1) is 0 Å². The minimum atomic E-state index is -0.856. The summed E-state index contributed by atoms with van der Waals surface area (Å²) in [4.78, 5) is 29.1. The first kappa shape index (κ1) is 25.9. The number of nitrogens with zero attached hydrogens (tertiary/aromatic N) is 2. The van der Waals surface area contributed by atoms with Crippen LogP contribution in [-0.2, 0) is 14.3 Å². The lowest BCUT2D eigenvalue weighted by Gasteiger charge is -2.41. The van der Waals surface area contributed by atoms with E-state index in [4.69, 9.17) is 10.5 Å². The van der Waals surface area contributed by atoms with Gasteiger partial charge in [-0.3, -0.25) is 9.59 Å². The molecule has 0 radical (unpaired) electrons. The van der Waals surface area contributed by atoms with E-state index in [9.17, 15) is 19.8 Å². The summed E-state index contributed by atoms with van der Waals surface area (Å²) >= 11 is 0. The van der Waals surface area contributed by atoms with Crippen LogP contribution in [-0.4, -0.2) is 89.5 Å². The predicted molar refractivity (Wildman–Crippen MR) is 129 cm³/mol. The van der Waals surface area contributed by atoms with Crippen molar-refractivity contribution < 1.29 is 24.5 Å². The Morgan fingerprint density at radius 1 is 0.853 bits per heavy atom. The Labute approximate surface area is 204 Å². The highest BCUT2D eigenvalue weighted by atomic mass is 16.5. The van der Waals surface area contributed by atoms with Gasteiger partial charge in [-0.25, -0.2) is 0 Å². The lowest BCUT2D eigenvalue weighted by molar-refractivity contribution is -0.141. The zero-order chi connectivity index (χ0) is 24.1. The summed E-state index contributed by atoms with van der Waals surface area (Å²) in [6, 6.07) is 0. The number of β-amino-alcohol motifs (C(OH)–C–C–N with tert-alkyl or cyclic N) is 2. The second-order valence-electron chi connectivity index (χ2n) is 11.2. The molecule has 2 amide bonds. The summed E-state index contributed by atoms with van der Waals surface area (Å²) in [7, 11) is 0. The zero-order valence-corrected chi connectivity index (χ0v) is 20.7. The molecule has 194 valence electrons. The molecule has 4 unspecified atom stereocenters. The fourth-order valence-corrected chi connectivity index (χ4v) is 6.79. The summed E-state index contributed by atoms with van der Waals surface area (Å²) in [6.07, 6.45) is 9.61.